The molecule has 0 spiro atoms. The van der Waals surface area contributed by atoms with Gasteiger partial charge < -0.3 is 25.7 Å². The predicted molar refractivity (Wildman–Crippen MR) is 159 cm³/mol. The number of hydrogen-bond acceptors (Lipinski definition) is 10. The second kappa shape index (κ2) is 13.3. The summed E-state index contributed by atoms with van der Waals surface area (Å²) >= 11 is 0. The first-order chi connectivity index (χ1) is 20.1. The van der Waals surface area contributed by atoms with Gasteiger partial charge in [0, 0.05) is 37.4 Å². The molecule has 0 aliphatic heterocycles. The minimum absolute atomic E-state index is 0.00632. The summed E-state index contributed by atoms with van der Waals surface area (Å²) in [5.74, 6) is -3.15. The van der Waals surface area contributed by atoms with Gasteiger partial charge in [0.05, 0.1) is 6.04 Å². The fourth-order valence-electron chi connectivity index (χ4n) is 5.04. The zero-order valence-electron chi connectivity index (χ0n) is 25.6. The van der Waals surface area contributed by atoms with Crippen molar-refractivity contribution in [2.75, 3.05) is 6.54 Å². The van der Waals surface area contributed by atoms with Crippen LogP contribution in [0.1, 0.15) is 71.1 Å². The van der Waals surface area contributed by atoms with Crippen molar-refractivity contribution in [3.63, 3.8) is 0 Å². The van der Waals surface area contributed by atoms with Crippen molar-refractivity contribution in [3.8, 4) is 11.5 Å². The number of amides is 2. The molecule has 43 heavy (non-hydrogen) atoms. The first-order valence-electron chi connectivity index (χ1n) is 13.9. The SMILES string of the molecule is CC(=O)Oc1ccc2c(c1OC(C)=O)CC(c1ccccc1)C(CN)=C2C(=O)C(C)N(C(=O)OC(C)(C)C)C(=O)C(C)N. The van der Waals surface area contributed by atoms with Crippen LogP contribution in [0.25, 0.3) is 5.57 Å². The number of rotatable bonds is 8. The summed E-state index contributed by atoms with van der Waals surface area (Å²) in [5.41, 5.74) is 13.6. The molecule has 2 aromatic rings. The predicted octanol–water partition coefficient (Wildman–Crippen LogP) is 3.66. The van der Waals surface area contributed by atoms with Crippen LogP contribution < -0.4 is 20.9 Å². The van der Waals surface area contributed by atoms with Crippen molar-refractivity contribution < 1.29 is 38.2 Å². The molecular weight excluding hydrogens is 554 g/mol. The lowest BCUT2D eigenvalue weighted by Crippen LogP contribution is -2.54. The number of nitrogens with zero attached hydrogens (tertiary/aromatic N) is 1. The van der Waals surface area contributed by atoms with Crippen LogP contribution in [0, 0.1) is 0 Å². The molecule has 2 amide bonds. The van der Waals surface area contributed by atoms with Crippen LogP contribution in [0.3, 0.4) is 0 Å². The van der Waals surface area contributed by atoms with Gasteiger partial charge in [-0.3, -0.25) is 19.2 Å². The number of carbonyl (C=O) groups excluding carboxylic acids is 5. The topological polar surface area (TPSA) is 168 Å². The van der Waals surface area contributed by atoms with Gasteiger partial charge in [0.15, 0.2) is 17.3 Å². The summed E-state index contributed by atoms with van der Waals surface area (Å²) in [4.78, 5) is 65.8. The summed E-state index contributed by atoms with van der Waals surface area (Å²) in [6.07, 6.45) is -0.768. The number of hydrogen-bond donors (Lipinski definition) is 2. The van der Waals surface area contributed by atoms with Crippen LogP contribution in [0.15, 0.2) is 48.0 Å². The standard InChI is InChI=1S/C32H39N3O8/c1-17(34)30(39)35(31(40)43-32(5,6)7)18(2)28(38)27-22-13-14-26(41-19(3)36)29(42-20(4)37)24(22)15-23(25(27)16-33)21-11-9-8-10-12-21/h8-14,17-18,23H,15-16,33-34H2,1-7H3. The molecule has 1 aliphatic rings. The number of nitrogens with two attached hydrogens (primary N) is 2. The van der Waals surface area contributed by atoms with Gasteiger partial charge in [0.1, 0.15) is 11.6 Å². The second-order valence-electron chi connectivity index (χ2n) is 11.4. The number of carbonyl (C=O) groups is 5. The lowest BCUT2D eigenvalue weighted by molar-refractivity contribution is -0.137. The van der Waals surface area contributed by atoms with Gasteiger partial charge in [-0.05, 0) is 69.9 Å². The fourth-order valence-corrected chi connectivity index (χ4v) is 5.04. The number of ether oxygens (including phenoxy) is 3. The molecule has 11 nitrogen and oxygen atoms in total. The number of fused-ring (bicyclic) bond motifs is 1. The molecule has 3 atom stereocenters. The van der Waals surface area contributed by atoms with E-state index in [1.807, 2.05) is 30.3 Å². The summed E-state index contributed by atoms with van der Waals surface area (Å²) < 4.78 is 16.4. The Morgan fingerprint density at radius 2 is 1.56 bits per heavy atom. The minimum Gasteiger partial charge on any atom is -0.443 e. The van der Waals surface area contributed by atoms with E-state index < -0.39 is 53.3 Å². The first kappa shape index (κ1) is 33.2. The maximum Gasteiger partial charge on any atom is 0.417 e. The smallest absolute Gasteiger partial charge is 0.417 e. The average Bonchev–Trinajstić information content (AvgIpc) is 2.91. The van der Waals surface area contributed by atoms with Crippen LogP contribution in [0.2, 0.25) is 0 Å². The first-order valence-corrected chi connectivity index (χ1v) is 13.9. The number of imide groups is 1. The molecule has 0 saturated heterocycles. The normalized spacial score (nSPS) is 16.0. The molecule has 0 aromatic heterocycles. The van der Waals surface area contributed by atoms with Gasteiger partial charge >= 0.3 is 18.0 Å². The number of esters is 2. The molecule has 2 aromatic carbocycles. The van der Waals surface area contributed by atoms with Crippen LogP contribution in [0.4, 0.5) is 4.79 Å². The molecule has 0 fully saturated rings. The highest BCUT2D eigenvalue weighted by atomic mass is 16.6. The second-order valence-corrected chi connectivity index (χ2v) is 11.4. The highest BCUT2D eigenvalue weighted by Crippen LogP contribution is 2.47. The molecule has 11 heteroatoms. The number of benzene rings is 2. The Kier molecular flexibility index (Phi) is 10.3. The van der Waals surface area contributed by atoms with Crippen LogP contribution in [-0.2, 0) is 30.3 Å². The Hall–Kier alpha value is -4.35. The fraction of sp³-hybridized carbons (Fsp3) is 0.406. The third-order valence-corrected chi connectivity index (χ3v) is 6.80. The molecular formula is C32H39N3O8. The molecule has 0 heterocycles. The van der Waals surface area contributed by atoms with E-state index >= 15 is 0 Å². The summed E-state index contributed by atoms with van der Waals surface area (Å²) in [5, 5.41) is 0. The third-order valence-electron chi connectivity index (χ3n) is 6.80. The molecule has 3 rings (SSSR count). The highest BCUT2D eigenvalue weighted by Gasteiger charge is 2.41. The monoisotopic (exact) mass is 593 g/mol. The quantitative estimate of drug-likeness (QED) is 0.340. The Labute approximate surface area is 251 Å². The van der Waals surface area contributed by atoms with Gasteiger partial charge in [-0.15, -0.1) is 0 Å². The minimum atomic E-state index is -1.35. The van der Waals surface area contributed by atoms with Crippen molar-refractivity contribution in [2.24, 2.45) is 11.5 Å². The maximum absolute atomic E-state index is 14.5. The van der Waals surface area contributed by atoms with Gasteiger partial charge in [-0.2, -0.15) is 0 Å². The Morgan fingerprint density at radius 3 is 2.07 bits per heavy atom. The molecule has 0 radical (unpaired) electrons. The van der Waals surface area contributed by atoms with E-state index in [2.05, 4.69) is 0 Å². The van der Waals surface area contributed by atoms with Gasteiger partial charge in [-0.25, -0.2) is 9.69 Å². The molecule has 3 unspecified atom stereocenters. The van der Waals surface area contributed by atoms with Crippen LogP contribution in [0.5, 0.6) is 11.5 Å². The molecule has 4 N–H and O–H groups in total. The van der Waals surface area contributed by atoms with Gasteiger partial charge in [-0.1, -0.05) is 30.3 Å². The highest BCUT2D eigenvalue weighted by molar-refractivity contribution is 6.26. The van der Waals surface area contributed by atoms with E-state index in [1.165, 1.54) is 33.8 Å². The van der Waals surface area contributed by atoms with Crippen molar-refractivity contribution in [1.29, 1.82) is 0 Å². The van der Waals surface area contributed by atoms with Crippen molar-refractivity contribution >= 4 is 35.3 Å². The van der Waals surface area contributed by atoms with E-state index in [9.17, 15) is 24.0 Å². The molecule has 230 valence electrons. The van der Waals surface area contributed by atoms with E-state index in [0.717, 1.165) is 10.5 Å². The number of Topliss-reactive ketones (excluding diaryl/α,β-unsaturated/α-hetero) is 1. The van der Waals surface area contributed by atoms with Crippen molar-refractivity contribution in [1.82, 2.24) is 4.90 Å². The molecule has 1 aliphatic carbocycles. The summed E-state index contributed by atoms with van der Waals surface area (Å²) in [6.45, 7) is 10.1. The Morgan fingerprint density at radius 1 is 0.953 bits per heavy atom. The number of ketones is 1. The van der Waals surface area contributed by atoms with E-state index in [1.54, 1.807) is 26.8 Å². The lowest BCUT2D eigenvalue weighted by atomic mass is 9.73. The van der Waals surface area contributed by atoms with Crippen molar-refractivity contribution in [3.05, 3.63) is 64.7 Å². The van der Waals surface area contributed by atoms with Crippen molar-refractivity contribution in [2.45, 2.75) is 78.5 Å². The van der Waals surface area contributed by atoms with Gasteiger partial charge in [0.25, 0.3) is 0 Å². The zero-order valence-corrected chi connectivity index (χ0v) is 25.6. The molecule has 0 saturated carbocycles. The third kappa shape index (κ3) is 7.54. The van der Waals surface area contributed by atoms with E-state index in [4.69, 9.17) is 25.7 Å². The lowest BCUT2D eigenvalue weighted by Gasteiger charge is -2.35. The maximum atomic E-state index is 14.5. The van der Waals surface area contributed by atoms with Gasteiger partial charge in [0.2, 0.25) is 5.91 Å². The van der Waals surface area contributed by atoms with Crippen LogP contribution in [-0.4, -0.2) is 58.9 Å². The molecule has 0 bridgehead atoms. The van der Waals surface area contributed by atoms with Crippen LogP contribution >= 0.6 is 0 Å². The summed E-state index contributed by atoms with van der Waals surface area (Å²) in [6, 6.07) is 9.83. The largest absolute Gasteiger partial charge is 0.443 e. The van der Waals surface area contributed by atoms with E-state index in [-0.39, 0.29) is 30.0 Å². The average molecular weight is 594 g/mol. The zero-order chi connectivity index (χ0) is 32.2. The van der Waals surface area contributed by atoms with E-state index in [0.29, 0.717) is 16.7 Å². The Bertz CT molecular complexity index is 1460. The Balaban J connectivity index is 2.32. The summed E-state index contributed by atoms with van der Waals surface area (Å²) in [7, 11) is 0.